The largest absolute Gasteiger partial charge is 0.481 e. The van der Waals surface area contributed by atoms with Crippen LogP contribution in [-0.2, 0) is 19.6 Å². The molecule has 0 aromatic rings. The van der Waals surface area contributed by atoms with Crippen molar-refractivity contribution in [3.63, 3.8) is 0 Å². The summed E-state index contributed by atoms with van der Waals surface area (Å²) in [4.78, 5) is 24.2. The summed E-state index contributed by atoms with van der Waals surface area (Å²) in [6, 6.07) is -0.358. The molecule has 2 aliphatic rings. The van der Waals surface area contributed by atoms with Crippen molar-refractivity contribution in [3.8, 4) is 0 Å². The molecule has 1 heterocycles. The third-order valence-corrected chi connectivity index (χ3v) is 7.27. The highest BCUT2D eigenvalue weighted by Gasteiger charge is 2.35. The Balaban J connectivity index is 2.02. The van der Waals surface area contributed by atoms with Crippen LogP contribution in [0.25, 0.3) is 0 Å². The zero-order valence-corrected chi connectivity index (χ0v) is 15.8. The molecular weight excluding hydrogens is 344 g/mol. The van der Waals surface area contributed by atoms with E-state index in [0.717, 1.165) is 25.7 Å². The maximum atomic E-state index is 12.7. The smallest absolute Gasteiger partial charge is 0.308 e. The number of hydrogen-bond donors (Lipinski definition) is 2. The average Bonchev–Trinajstić information content (AvgIpc) is 2.57. The van der Waals surface area contributed by atoms with Crippen LogP contribution in [0.4, 0.5) is 0 Å². The van der Waals surface area contributed by atoms with Crippen LogP contribution in [-0.4, -0.2) is 54.6 Å². The first kappa shape index (κ1) is 20.2. The number of rotatable bonds is 5. The molecular formula is C17H30N2O5S. The summed E-state index contributed by atoms with van der Waals surface area (Å²) >= 11 is 0. The lowest BCUT2D eigenvalue weighted by Gasteiger charge is -2.33. The number of amides is 1. The maximum Gasteiger partial charge on any atom is 0.308 e. The first-order valence-corrected chi connectivity index (χ1v) is 11.0. The van der Waals surface area contributed by atoms with Gasteiger partial charge in [-0.25, -0.2) is 12.7 Å². The van der Waals surface area contributed by atoms with Gasteiger partial charge in [-0.3, -0.25) is 9.59 Å². The highest BCUT2D eigenvalue weighted by atomic mass is 32.2. The first-order chi connectivity index (χ1) is 11.8. The highest BCUT2D eigenvalue weighted by Crippen LogP contribution is 2.25. The Morgan fingerprint density at radius 1 is 1.08 bits per heavy atom. The van der Waals surface area contributed by atoms with Crippen molar-refractivity contribution in [2.24, 2.45) is 11.8 Å². The van der Waals surface area contributed by atoms with E-state index in [1.54, 1.807) is 6.92 Å². The molecule has 7 nitrogen and oxygen atoms in total. The molecule has 0 radical (unpaired) electrons. The molecule has 1 aliphatic carbocycles. The molecule has 144 valence electrons. The average molecular weight is 375 g/mol. The summed E-state index contributed by atoms with van der Waals surface area (Å²) in [5.41, 5.74) is 0. The van der Waals surface area contributed by atoms with E-state index in [9.17, 15) is 23.1 Å². The summed E-state index contributed by atoms with van der Waals surface area (Å²) in [6.45, 7) is 2.26. The highest BCUT2D eigenvalue weighted by molar-refractivity contribution is 7.89. The molecule has 1 saturated carbocycles. The van der Waals surface area contributed by atoms with Gasteiger partial charge in [-0.15, -0.1) is 0 Å². The van der Waals surface area contributed by atoms with Crippen molar-refractivity contribution in [2.45, 2.75) is 64.3 Å². The molecule has 3 unspecified atom stereocenters. The molecule has 0 aromatic carbocycles. The number of nitrogens with one attached hydrogen (secondary N) is 1. The quantitative estimate of drug-likeness (QED) is 0.760. The number of aliphatic carboxylic acids is 1. The van der Waals surface area contributed by atoms with Gasteiger partial charge in [0.15, 0.2) is 0 Å². The van der Waals surface area contributed by atoms with Crippen molar-refractivity contribution in [1.29, 1.82) is 0 Å². The number of hydrogen-bond acceptors (Lipinski definition) is 4. The summed E-state index contributed by atoms with van der Waals surface area (Å²) in [7, 11) is -3.30. The summed E-state index contributed by atoms with van der Waals surface area (Å²) in [6.07, 6.45) is 6.44. The van der Waals surface area contributed by atoms with Gasteiger partial charge in [0, 0.05) is 19.1 Å². The van der Waals surface area contributed by atoms with Gasteiger partial charge in [0.2, 0.25) is 15.9 Å². The molecule has 2 N–H and O–H groups in total. The van der Waals surface area contributed by atoms with Gasteiger partial charge >= 0.3 is 5.97 Å². The fourth-order valence-electron chi connectivity index (χ4n) is 3.84. The number of carbonyl (C=O) groups excluding carboxylic acids is 1. The van der Waals surface area contributed by atoms with Gasteiger partial charge in [-0.2, -0.15) is 0 Å². The molecule has 2 rings (SSSR count). The summed E-state index contributed by atoms with van der Waals surface area (Å²) in [5, 5.41) is 12.4. The number of sulfonamides is 1. The standard InChI is InChI=1S/C17H30N2O5S/c1-2-25(23,24)19-11-7-8-13(12-19)16(20)18-15-10-6-4-3-5-9-14(15)17(21)22/h13-15H,2-12H2,1H3,(H,18,20)(H,21,22). The Morgan fingerprint density at radius 3 is 2.40 bits per heavy atom. The van der Waals surface area contributed by atoms with Crippen molar-refractivity contribution in [1.82, 2.24) is 9.62 Å². The van der Waals surface area contributed by atoms with Crippen LogP contribution in [0, 0.1) is 11.8 Å². The fraction of sp³-hybridized carbons (Fsp3) is 0.882. The predicted molar refractivity (Wildman–Crippen MR) is 94.5 cm³/mol. The summed E-state index contributed by atoms with van der Waals surface area (Å²) < 4.78 is 25.5. The molecule has 8 heteroatoms. The van der Waals surface area contributed by atoms with Gasteiger partial charge in [0.25, 0.3) is 0 Å². The SMILES string of the molecule is CCS(=O)(=O)N1CCCC(C(=O)NC2CCCCCCC2C(=O)O)C1. The molecule has 0 spiro atoms. The van der Waals surface area contributed by atoms with Crippen LogP contribution in [0.2, 0.25) is 0 Å². The van der Waals surface area contributed by atoms with Gasteiger partial charge in [0.1, 0.15) is 0 Å². The molecule has 25 heavy (non-hydrogen) atoms. The van der Waals surface area contributed by atoms with Crippen LogP contribution in [0.1, 0.15) is 58.3 Å². The lowest BCUT2D eigenvalue weighted by molar-refractivity contribution is -0.143. The van der Waals surface area contributed by atoms with Crippen molar-refractivity contribution in [2.75, 3.05) is 18.8 Å². The second-order valence-electron chi connectivity index (χ2n) is 7.15. The predicted octanol–water partition coefficient (Wildman–Crippen LogP) is 1.59. The lowest BCUT2D eigenvalue weighted by Crippen LogP contribution is -2.50. The van der Waals surface area contributed by atoms with E-state index in [1.807, 2.05) is 0 Å². The molecule has 1 saturated heterocycles. The van der Waals surface area contributed by atoms with Gasteiger partial charge in [-0.05, 0) is 32.6 Å². The maximum absolute atomic E-state index is 12.7. The summed E-state index contributed by atoms with van der Waals surface area (Å²) in [5.74, 6) is -1.97. The Kier molecular flexibility index (Phi) is 7.25. The Bertz CT molecular complexity index is 578. The Labute approximate surface area is 150 Å². The monoisotopic (exact) mass is 374 g/mol. The number of nitrogens with zero attached hydrogens (tertiary/aromatic N) is 1. The molecule has 1 amide bonds. The zero-order chi connectivity index (χ0) is 18.4. The van der Waals surface area contributed by atoms with Crippen molar-refractivity contribution < 1.29 is 23.1 Å². The van der Waals surface area contributed by atoms with Crippen molar-refractivity contribution >= 4 is 21.9 Å². The van der Waals surface area contributed by atoms with E-state index >= 15 is 0 Å². The minimum atomic E-state index is -3.30. The van der Waals surface area contributed by atoms with Gasteiger partial charge in [-0.1, -0.05) is 25.7 Å². The Hall–Kier alpha value is -1.15. The van der Waals surface area contributed by atoms with Crippen LogP contribution < -0.4 is 5.32 Å². The van der Waals surface area contributed by atoms with E-state index < -0.39 is 27.8 Å². The molecule has 3 atom stereocenters. The van der Waals surface area contributed by atoms with Crippen molar-refractivity contribution in [3.05, 3.63) is 0 Å². The van der Waals surface area contributed by atoms with E-state index in [0.29, 0.717) is 32.2 Å². The normalized spacial score (nSPS) is 29.4. The van der Waals surface area contributed by atoms with E-state index in [1.165, 1.54) is 4.31 Å². The van der Waals surface area contributed by atoms with Gasteiger partial charge in [0.05, 0.1) is 17.6 Å². The van der Waals surface area contributed by atoms with E-state index in [2.05, 4.69) is 5.32 Å². The molecule has 1 aliphatic heterocycles. The third-order valence-electron chi connectivity index (χ3n) is 5.42. The zero-order valence-electron chi connectivity index (χ0n) is 14.9. The van der Waals surface area contributed by atoms with Crippen LogP contribution in [0.3, 0.4) is 0 Å². The van der Waals surface area contributed by atoms with Crippen LogP contribution in [0.15, 0.2) is 0 Å². The fourth-order valence-corrected chi connectivity index (χ4v) is 5.02. The lowest BCUT2D eigenvalue weighted by atomic mass is 9.86. The van der Waals surface area contributed by atoms with Crippen LogP contribution >= 0.6 is 0 Å². The minimum absolute atomic E-state index is 0.0328. The van der Waals surface area contributed by atoms with E-state index in [4.69, 9.17) is 0 Å². The third kappa shape index (κ3) is 5.41. The van der Waals surface area contributed by atoms with Crippen LogP contribution in [0.5, 0.6) is 0 Å². The Morgan fingerprint density at radius 2 is 1.76 bits per heavy atom. The minimum Gasteiger partial charge on any atom is -0.481 e. The number of carbonyl (C=O) groups is 2. The van der Waals surface area contributed by atoms with Gasteiger partial charge < -0.3 is 10.4 Å². The molecule has 2 fully saturated rings. The second kappa shape index (κ2) is 8.98. The van der Waals surface area contributed by atoms with E-state index in [-0.39, 0.29) is 24.2 Å². The first-order valence-electron chi connectivity index (χ1n) is 9.36. The molecule has 0 bridgehead atoms. The number of carboxylic acid groups (broad SMARTS) is 1. The molecule has 0 aromatic heterocycles. The number of carboxylic acids is 1. The second-order valence-corrected chi connectivity index (χ2v) is 9.41. The number of piperidine rings is 1. The topological polar surface area (TPSA) is 104 Å².